The quantitative estimate of drug-likeness (QED) is 0.848. The van der Waals surface area contributed by atoms with Crippen LogP contribution in [0.15, 0.2) is 30.3 Å². The average molecular weight is 340 g/mol. The first kappa shape index (κ1) is 16.6. The number of amides is 2. The molecule has 0 bridgehead atoms. The van der Waals surface area contributed by atoms with Crippen LogP contribution in [0.25, 0.3) is 0 Å². The molecule has 0 N–H and O–H groups in total. The van der Waals surface area contributed by atoms with Gasteiger partial charge in [-0.25, -0.2) is 0 Å². The predicted molar refractivity (Wildman–Crippen MR) is 96.6 cm³/mol. The van der Waals surface area contributed by atoms with Crippen molar-refractivity contribution in [1.82, 2.24) is 9.80 Å². The monoisotopic (exact) mass is 340 g/mol. The van der Waals surface area contributed by atoms with Gasteiger partial charge in [-0.1, -0.05) is 49.6 Å². The Bertz CT molecular complexity index is 624. The number of hydrogen-bond donors (Lipinski definition) is 0. The summed E-state index contributed by atoms with van der Waals surface area (Å²) in [7, 11) is 0. The number of benzene rings is 1. The van der Waals surface area contributed by atoms with E-state index in [2.05, 4.69) is 17.0 Å². The maximum atomic E-state index is 12.8. The van der Waals surface area contributed by atoms with Gasteiger partial charge in [0.05, 0.1) is 0 Å². The number of fused-ring (bicyclic) bond motifs is 1. The topological polar surface area (TPSA) is 40.6 Å². The Balaban J connectivity index is 1.38. The third-order valence-electron chi connectivity index (χ3n) is 6.30. The summed E-state index contributed by atoms with van der Waals surface area (Å²) in [5.41, 5.74) is 1.18. The van der Waals surface area contributed by atoms with Gasteiger partial charge in [-0.2, -0.15) is 0 Å². The lowest BCUT2D eigenvalue weighted by Crippen LogP contribution is -2.43. The normalized spacial score (nSPS) is 27.4. The van der Waals surface area contributed by atoms with Gasteiger partial charge < -0.3 is 9.80 Å². The van der Waals surface area contributed by atoms with Gasteiger partial charge in [0.15, 0.2) is 0 Å². The molecule has 1 aromatic rings. The van der Waals surface area contributed by atoms with E-state index in [0.29, 0.717) is 30.7 Å². The highest BCUT2D eigenvalue weighted by Gasteiger charge is 2.42. The van der Waals surface area contributed by atoms with Crippen LogP contribution in [-0.4, -0.2) is 41.2 Å². The van der Waals surface area contributed by atoms with Crippen molar-refractivity contribution in [2.75, 3.05) is 19.6 Å². The summed E-state index contributed by atoms with van der Waals surface area (Å²) < 4.78 is 0. The largest absolute Gasteiger partial charge is 0.342 e. The molecule has 2 saturated heterocycles. The molecule has 3 fully saturated rings. The van der Waals surface area contributed by atoms with E-state index in [1.165, 1.54) is 24.8 Å². The molecular weight excluding hydrogens is 312 g/mol. The van der Waals surface area contributed by atoms with Crippen LogP contribution >= 0.6 is 0 Å². The van der Waals surface area contributed by atoms with Crippen LogP contribution in [0.2, 0.25) is 0 Å². The van der Waals surface area contributed by atoms with E-state index in [-0.39, 0.29) is 11.8 Å². The Morgan fingerprint density at radius 3 is 2.44 bits per heavy atom. The Morgan fingerprint density at radius 1 is 0.960 bits per heavy atom. The Kier molecular flexibility index (Phi) is 4.78. The molecule has 1 saturated carbocycles. The second kappa shape index (κ2) is 7.19. The average Bonchev–Trinajstić information content (AvgIpc) is 3.05. The molecule has 4 heteroatoms. The molecule has 1 aliphatic carbocycles. The van der Waals surface area contributed by atoms with Crippen LogP contribution < -0.4 is 0 Å². The van der Waals surface area contributed by atoms with Gasteiger partial charge in [-0.15, -0.1) is 0 Å². The molecule has 4 nitrogen and oxygen atoms in total. The van der Waals surface area contributed by atoms with Crippen molar-refractivity contribution < 1.29 is 9.59 Å². The molecule has 2 heterocycles. The van der Waals surface area contributed by atoms with Crippen LogP contribution in [-0.2, 0) is 16.1 Å². The fraction of sp³-hybridized carbons (Fsp3) is 0.619. The number of rotatable bonds is 3. The van der Waals surface area contributed by atoms with Crippen molar-refractivity contribution in [1.29, 1.82) is 0 Å². The minimum absolute atomic E-state index is 0.241. The number of nitrogens with zero attached hydrogens (tertiary/aromatic N) is 2. The fourth-order valence-electron chi connectivity index (χ4n) is 4.86. The summed E-state index contributed by atoms with van der Waals surface area (Å²) in [5, 5.41) is 0. The van der Waals surface area contributed by atoms with Crippen LogP contribution in [0.1, 0.15) is 44.1 Å². The number of carbonyl (C=O) groups excluding carboxylic acids is 2. The lowest BCUT2D eigenvalue weighted by atomic mass is 9.88. The second-order valence-corrected chi connectivity index (χ2v) is 8.06. The summed E-state index contributed by atoms with van der Waals surface area (Å²) >= 11 is 0. The van der Waals surface area contributed by atoms with Crippen molar-refractivity contribution in [2.24, 2.45) is 17.8 Å². The minimum Gasteiger partial charge on any atom is -0.342 e. The molecule has 0 radical (unpaired) electrons. The molecule has 25 heavy (non-hydrogen) atoms. The zero-order valence-electron chi connectivity index (χ0n) is 14.9. The lowest BCUT2D eigenvalue weighted by Gasteiger charge is -2.34. The fourth-order valence-corrected chi connectivity index (χ4v) is 4.86. The van der Waals surface area contributed by atoms with E-state index in [4.69, 9.17) is 0 Å². The number of likely N-dealkylation sites (tertiary alicyclic amines) is 2. The van der Waals surface area contributed by atoms with Gasteiger partial charge in [0.1, 0.15) is 0 Å². The SMILES string of the molecule is O=C1C[C@H]2CN(C(=O)C3CCCCC3)C[C@H]2CN1Cc1ccccc1. The van der Waals surface area contributed by atoms with Crippen molar-refractivity contribution in [2.45, 2.75) is 45.1 Å². The zero-order chi connectivity index (χ0) is 17.2. The summed E-state index contributed by atoms with van der Waals surface area (Å²) in [6.07, 6.45) is 6.39. The second-order valence-electron chi connectivity index (χ2n) is 8.06. The summed E-state index contributed by atoms with van der Waals surface area (Å²) in [5.74, 6) is 1.67. The first-order chi connectivity index (χ1) is 12.2. The Labute approximate surface area is 150 Å². The van der Waals surface area contributed by atoms with Crippen molar-refractivity contribution in [3.8, 4) is 0 Å². The highest BCUT2D eigenvalue weighted by atomic mass is 16.2. The molecule has 2 amide bonds. The van der Waals surface area contributed by atoms with Gasteiger partial charge in [-0.3, -0.25) is 9.59 Å². The maximum Gasteiger partial charge on any atom is 0.225 e. The number of hydrogen-bond acceptors (Lipinski definition) is 2. The van der Waals surface area contributed by atoms with E-state index < -0.39 is 0 Å². The van der Waals surface area contributed by atoms with Crippen LogP contribution in [0.4, 0.5) is 0 Å². The first-order valence-electron chi connectivity index (χ1n) is 9.81. The summed E-state index contributed by atoms with van der Waals surface area (Å²) in [4.78, 5) is 29.4. The molecule has 2 atom stereocenters. The van der Waals surface area contributed by atoms with E-state index in [9.17, 15) is 9.59 Å². The van der Waals surface area contributed by atoms with Crippen LogP contribution in [0, 0.1) is 17.8 Å². The van der Waals surface area contributed by atoms with Crippen molar-refractivity contribution in [3.63, 3.8) is 0 Å². The third-order valence-corrected chi connectivity index (χ3v) is 6.30. The third kappa shape index (κ3) is 3.58. The van der Waals surface area contributed by atoms with Crippen LogP contribution in [0.3, 0.4) is 0 Å². The van der Waals surface area contributed by atoms with Gasteiger partial charge in [0.25, 0.3) is 0 Å². The van der Waals surface area contributed by atoms with Crippen molar-refractivity contribution >= 4 is 11.8 Å². The molecule has 0 spiro atoms. The smallest absolute Gasteiger partial charge is 0.225 e. The molecule has 0 unspecified atom stereocenters. The summed E-state index contributed by atoms with van der Waals surface area (Å²) in [6.45, 7) is 3.13. The highest BCUT2D eigenvalue weighted by Crippen LogP contribution is 2.35. The van der Waals surface area contributed by atoms with E-state index in [1.54, 1.807) is 0 Å². The molecule has 2 aliphatic heterocycles. The Hall–Kier alpha value is -1.84. The standard InChI is InChI=1S/C21H28N2O2/c24-20-11-18-13-23(21(25)17-9-5-2-6-10-17)15-19(18)14-22(20)12-16-7-3-1-4-8-16/h1,3-4,7-8,17-19H,2,5-6,9-15H2/t18-,19+/m0/s1. The van der Waals surface area contributed by atoms with E-state index in [0.717, 1.165) is 32.5 Å². The van der Waals surface area contributed by atoms with Crippen molar-refractivity contribution in [3.05, 3.63) is 35.9 Å². The predicted octanol–water partition coefficient (Wildman–Crippen LogP) is 3.07. The van der Waals surface area contributed by atoms with E-state index in [1.807, 2.05) is 23.1 Å². The minimum atomic E-state index is 0.241. The maximum absolute atomic E-state index is 12.8. The van der Waals surface area contributed by atoms with Gasteiger partial charge in [0.2, 0.25) is 11.8 Å². The zero-order valence-corrected chi connectivity index (χ0v) is 14.9. The molecule has 1 aromatic carbocycles. The molecule has 134 valence electrons. The van der Waals surface area contributed by atoms with Gasteiger partial charge in [0, 0.05) is 38.5 Å². The molecule has 3 aliphatic rings. The molecule has 4 rings (SSSR count). The van der Waals surface area contributed by atoms with E-state index >= 15 is 0 Å². The number of piperidine rings is 1. The molecule has 0 aromatic heterocycles. The molecular formula is C21H28N2O2. The first-order valence-corrected chi connectivity index (χ1v) is 9.81. The number of carbonyl (C=O) groups is 2. The summed E-state index contributed by atoms with van der Waals surface area (Å²) in [6, 6.07) is 10.2. The lowest BCUT2D eigenvalue weighted by molar-refractivity contribution is -0.137. The van der Waals surface area contributed by atoms with Gasteiger partial charge >= 0.3 is 0 Å². The van der Waals surface area contributed by atoms with Crippen LogP contribution in [0.5, 0.6) is 0 Å². The van der Waals surface area contributed by atoms with Gasteiger partial charge in [-0.05, 0) is 30.2 Å². The Morgan fingerprint density at radius 2 is 1.68 bits per heavy atom. The highest BCUT2D eigenvalue weighted by molar-refractivity contribution is 5.80.